The SMILES string of the molecule is CCN(CC)CC(C)NCc1ncc(Cl)n1C. The average molecular weight is 259 g/mol. The quantitative estimate of drug-likeness (QED) is 0.811. The van der Waals surface area contributed by atoms with E-state index in [9.17, 15) is 0 Å². The van der Waals surface area contributed by atoms with Gasteiger partial charge in [0.2, 0.25) is 0 Å². The van der Waals surface area contributed by atoms with Crippen LogP contribution >= 0.6 is 11.6 Å². The zero-order chi connectivity index (χ0) is 12.8. The molecule has 1 N–H and O–H groups in total. The van der Waals surface area contributed by atoms with Crippen LogP contribution in [0.4, 0.5) is 0 Å². The van der Waals surface area contributed by atoms with Crippen molar-refractivity contribution >= 4 is 11.6 Å². The zero-order valence-corrected chi connectivity index (χ0v) is 12.0. The highest BCUT2D eigenvalue weighted by Gasteiger charge is 2.09. The maximum absolute atomic E-state index is 5.94. The Labute approximate surface area is 109 Å². The highest BCUT2D eigenvalue weighted by atomic mass is 35.5. The summed E-state index contributed by atoms with van der Waals surface area (Å²) in [5.41, 5.74) is 0. The van der Waals surface area contributed by atoms with Gasteiger partial charge in [0.05, 0.1) is 12.7 Å². The lowest BCUT2D eigenvalue weighted by atomic mass is 10.3. The number of imidazole rings is 1. The third-order valence-electron chi connectivity index (χ3n) is 3.06. The zero-order valence-electron chi connectivity index (χ0n) is 11.2. The normalized spacial score (nSPS) is 13.3. The fraction of sp³-hybridized carbons (Fsp3) is 0.750. The standard InChI is InChI=1S/C12H23ClN4/c1-5-17(6-2)9-10(3)14-8-12-15-7-11(13)16(12)4/h7,10,14H,5-6,8-9H2,1-4H3. The molecule has 17 heavy (non-hydrogen) atoms. The lowest BCUT2D eigenvalue weighted by molar-refractivity contribution is 0.270. The van der Waals surface area contributed by atoms with Crippen LogP contribution < -0.4 is 5.32 Å². The van der Waals surface area contributed by atoms with Gasteiger partial charge in [-0.25, -0.2) is 4.98 Å². The molecule has 1 rings (SSSR count). The van der Waals surface area contributed by atoms with Crippen molar-refractivity contribution in [2.24, 2.45) is 7.05 Å². The van der Waals surface area contributed by atoms with Crippen LogP contribution in [-0.2, 0) is 13.6 Å². The number of nitrogens with zero attached hydrogens (tertiary/aromatic N) is 3. The Bertz CT molecular complexity index is 333. The Morgan fingerprint density at radius 3 is 2.59 bits per heavy atom. The summed E-state index contributed by atoms with van der Waals surface area (Å²) in [5, 5.41) is 4.15. The average Bonchev–Trinajstić information content (AvgIpc) is 2.64. The van der Waals surface area contributed by atoms with E-state index in [2.05, 4.69) is 36.0 Å². The smallest absolute Gasteiger partial charge is 0.128 e. The van der Waals surface area contributed by atoms with Crippen molar-refractivity contribution in [2.75, 3.05) is 19.6 Å². The first-order valence-electron chi connectivity index (χ1n) is 6.20. The van der Waals surface area contributed by atoms with Crippen molar-refractivity contribution in [3.8, 4) is 0 Å². The number of likely N-dealkylation sites (N-methyl/N-ethyl adjacent to an activating group) is 1. The molecule has 1 aromatic heterocycles. The molecular formula is C12H23ClN4. The van der Waals surface area contributed by atoms with Crippen molar-refractivity contribution in [2.45, 2.75) is 33.4 Å². The second kappa shape index (κ2) is 6.99. The maximum atomic E-state index is 5.94. The van der Waals surface area contributed by atoms with Crippen LogP contribution in [0.15, 0.2) is 6.20 Å². The van der Waals surface area contributed by atoms with Crippen molar-refractivity contribution in [1.82, 2.24) is 19.8 Å². The minimum atomic E-state index is 0.449. The number of halogens is 1. The number of rotatable bonds is 7. The van der Waals surface area contributed by atoms with Gasteiger partial charge in [0.1, 0.15) is 11.0 Å². The van der Waals surface area contributed by atoms with E-state index in [1.54, 1.807) is 6.20 Å². The molecule has 0 aliphatic rings. The second-order valence-electron chi connectivity index (χ2n) is 4.32. The predicted octanol–water partition coefficient (Wildman–Crippen LogP) is 1.89. The molecule has 0 fully saturated rings. The van der Waals surface area contributed by atoms with Gasteiger partial charge in [0, 0.05) is 19.6 Å². The Balaban J connectivity index is 2.37. The van der Waals surface area contributed by atoms with Crippen LogP contribution in [0.1, 0.15) is 26.6 Å². The molecule has 0 bridgehead atoms. The van der Waals surface area contributed by atoms with Crippen molar-refractivity contribution in [3.05, 3.63) is 17.2 Å². The van der Waals surface area contributed by atoms with E-state index in [4.69, 9.17) is 11.6 Å². The summed E-state index contributed by atoms with van der Waals surface area (Å²) in [6.07, 6.45) is 1.69. The maximum Gasteiger partial charge on any atom is 0.128 e. The van der Waals surface area contributed by atoms with Crippen LogP contribution in [0, 0.1) is 0 Å². The van der Waals surface area contributed by atoms with E-state index >= 15 is 0 Å². The first kappa shape index (κ1) is 14.5. The summed E-state index contributed by atoms with van der Waals surface area (Å²) in [6, 6.07) is 0.449. The Morgan fingerprint density at radius 2 is 2.12 bits per heavy atom. The number of aromatic nitrogens is 2. The molecule has 0 aromatic carbocycles. The van der Waals surface area contributed by atoms with Crippen LogP contribution in [0.2, 0.25) is 5.15 Å². The van der Waals surface area contributed by atoms with Gasteiger partial charge < -0.3 is 14.8 Å². The third-order valence-corrected chi connectivity index (χ3v) is 3.41. The van der Waals surface area contributed by atoms with Crippen LogP contribution in [0.25, 0.3) is 0 Å². The molecule has 0 saturated heterocycles. The highest BCUT2D eigenvalue weighted by Crippen LogP contribution is 2.08. The molecule has 0 spiro atoms. The van der Waals surface area contributed by atoms with Gasteiger partial charge >= 0.3 is 0 Å². The monoisotopic (exact) mass is 258 g/mol. The largest absolute Gasteiger partial charge is 0.321 e. The first-order valence-corrected chi connectivity index (χ1v) is 6.58. The molecule has 0 aliphatic carbocycles. The summed E-state index contributed by atoms with van der Waals surface area (Å²) < 4.78 is 1.90. The molecule has 4 nitrogen and oxygen atoms in total. The van der Waals surface area contributed by atoms with Crippen molar-refractivity contribution in [1.29, 1.82) is 0 Å². The highest BCUT2D eigenvalue weighted by molar-refractivity contribution is 6.29. The van der Waals surface area contributed by atoms with E-state index in [0.717, 1.165) is 32.0 Å². The lowest BCUT2D eigenvalue weighted by Gasteiger charge is -2.23. The summed E-state index contributed by atoms with van der Waals surface area (Å²) in [7, 11) is 1.93. The lowest BCUT2D eigenvalue weighted by Crippen LogP contribution is -2.39. The van der Waals surface area contributed by atoms with Crippen LogP contribution in [0.3, 0.4) is 0 Å². The van der Waals surface area contributed by atoms with Gasteiger partial charge in [-0.1, -0.05) is 25.4 Å². The molecule has 1 unspecified atom stereocenters. The fourth-order valence-corrected chi connectivity index (χ4v) is 1.93. The van der Waals surface area contributed by atoms with E-state index < -0.39 is 0 Å². The van der Waals surface area contributed by atoms with Gasteiger partial charge in [-0.2, -0.15) is 0 Å². The molecule has 1 aromatic rings. The Morgan fingerprint density at radius 1 is 1.47 bits per heavy atom. The van der Waals surface area contributed by atoms with Gasteiger partial charge in [-0.05, 0) is 20.0 Å². The second-order valence-corrected chi connectivity index (χ2v) is 4.71. The molecule has 1 atom stereocenters. The third kappa shape index (κ3) is 4.30. The minimum absolute atomic E-state index is 0.449. The topological polar surface area (TPSA) is 33.1 Å². The molecule has 5 heteroatoms. The minimum Gasteiger partial charge on any atom is -0.321 e. The van der Waals surface area contributed by atoms with E-state index in [1.807, 2.05) is 11.6 Å². The summed E-state index contributed by atoms with van der Waals surface area (Å²) >= 11 is 5.94. The molecule has 0 aliphatic heterocycles. The van der Waals surface area contributed by atoms with Gasteiger partial charge in [-0.3, -0.25) is 0 Å². The molecule has 98 valence electrons. The fourth-order valence-electron chi connectivity index (χ4n) is 1.79. The first-order chi connectivity index (χ1) is 8.08. The summed E-state index contributed by atoms with van der Waals surface area (Å²) in [6.45, 7) is 10.6. The molecule has 0 saturated carbocycles. The predicted molar refractivity (Wildman–Crippen MR) is 72.3 cm³/mol. The van der Waals surface area contributed by atoms with Crippen LogP contribution in [-0.4, -0.2) is 40.1 Å². The van der Waals surface area contributed by atoms with E-state index in [0.29, 0.717) is 11.2 Å². The summed E-state index contributed by atoms with van der Waals surface area (Å²) in [5.74, 6) is 0.974. The summed E-state index contributed by atoms with van der Waals surface area (Å²) in [4.78, 5) is 6.67. The van der Waals surface area contributed by atoms with Gasteiger partial charge in [-0.15, -0.1) is 0 Å². The van der Waals surface area contributed by atoms with E-state index in [1.165, 1.54) is 0 Å². The molecule has 0 radical (unpaired) electrons. The van der Waals surface area contributed by atoms with Gasteiger partial charge in [0.25, 0.3) is 0 Å². The van der Waals surface area contributed by atoms with Crippen molar-refractivity contribution < 1.29 is 0 Å². The van der Waals surface area contributed by atoms with Crippen LogP contribution in [0.5, 0.6) is 0 Å². The van der Waals surface area contributed by atoms with Crippen molar-refractivity contribution in [3.63, 3.8) is 0 Å². The Hall–Kier alpha value is -0.580. The number of hydrogen-bond acceptors (Lipinski definition) is 3. The number of nitrogens with one attached hydrogen (secondary N) is 1. The Kier molecular flexibility index (Phi) is 5.95. The molecule has 1 heterocycles. The molecule has 0 amide bonds. The molecular weight excluding hydrogens is 236 g/mol. The van der Waals surface area contributed by atoms with E-state index in [-0.39, 0.29) is 0 Å². The number of hydrogen-bond donors (Lipinski definition) is 1. The van der Waals surface area contributed by atoms with Gasteiger partial charge in [0.15, 0.2) is 0 Å².